The van der Waals surface area contributed by atoms with Crippen LogP contribution in [0.1, 0.15) is 0 Å². The Balaban J connectivity index is 2.49. The fraction of sp³-hybridized carbons (Fsp3) is 0.0833. The SMILES string of the molecule is COc1cccc(-c2cc(=S)cc[nH]2)c1. The molecule has 0 unspecified atom stereocenters. The maximum atomic E-state index is 5.17. The van der Waals surface area contributed by atoms with Gasteiger partial charge in [-0.25, -0.2) is 0 Å². The third-order valence-corrected chi connectivity index (χ3v) is 2.41. The van der Waals surface area contributed by atoms with Gasteiger partial charge < -0.3 is 9.72 Å². The fourth-order valence-corrected chi connectivity index (χ4v) is 1.59. The summed E-state index contributed by atoms with van der Waals surface area (Å²) >= 11 is 5.11. The van der Waals surface area contributed by atoms with E-state index in [1.165, 1.54) is 0 Å². The van der Waals surface area contributed by atoms with Crippen molar-refractivity contribution in [3.8, 4) is 17.0 Å². The normalized spacial score (nSPS) is 9.93. The maximum absolute atomic E-state index is 5.17. The van der Waals surface area contributed by atoms with Crippen molar-refractivity contribution in [1.29, 1.82) is 0 Å². The Morgan fingerprint density at radius 3 is 2.80 bits per heavy atom. The van der Waals surface area contributed by atoms with E-state index in [1.807, 2.05) is 42.6 Å². The summed E-state index contributed by atoms with van der Waals surface area (Å²) in [6.45, 7) is 0. The molecular weight excluding hydrogens is 206 g/mol. The highest BCUT2D eigenvalue weighted by Crippen LogP contribution is 2.21. The van der Waals surface area contributed by atoms with E-state index in [-0.39, 0.29) is 0 Å². The van der Waals surface area contributed by atoms with Crippen LogP contribution >= 0.6 is 12.2 Å². The zero-order valence-corrected chi connectivity index (χ0v) is 9.17. The number of pyridine rings is 1. The van der Waals surface area contributed by atoms with Gasteiger partial charge in [0.05, 0.1) is 7.11 Å². The summed E-state index contributed by atoms with van der Waals surface area (Å²) in [6.07, 6.45) is 1.84. The van der Waals surface area contributed by atoms with Gasteiger partial charge >= 0.3 is 0 Å². The molecule has 1 aromatic carbocycles. The van der Waals surface area contributed by atoms with Crippen LogP contribution in [0, 0.1) is 4.51 Å². The van der Waals surface area contributed by atoms with Crippen LogP contribution in [0.3, 0.4) is 0 Å². The smallest absolute Gasteiger partial charge is 0.119 e. The quantitative estimate of drug-likeness (QED) is 0.780. The van der Waals surface area contributed by atoms with Crippen LogP contribution in [0.15, 0.2) is 42.6 Å². The summed E-state index contributed by atoms with van der Waals surface area (Å²) in [5.74, 6) is 0.843. The van der Waals surface area contributed by atoms with Gasteiger partial charge in [0.1, 0.15) is 5.75 Å². The van der Waals surface area contributed by atoms with E-state index in [0.29, 0.717) is 0 Å². The molecule has 0 aliphatic heterocycles. The lowest BCUT2D eigenvalue weighted by Gasteiger charge is -2.04. The van der Waals surface area contributed by atoms with Crippen LogP contribution in [0.5, 0.6) is 5.75 Å². The number of hydrogen-bond donors (Lipinski definition) is 1. The number of benzene rings is 1. The van der Waals surface area contributed by atoms with Crippen molar-refractivity contribution < 1.29 is 4.74 Å². The van der Waals surface area contributed by atoms with Crippen molar-refractivity contribution in [2.24, 2.45) is 0 Å². The van der Waals surface area contributed by atoms with E-state index >= 15 is 0 Å². The van der Waals surface area contributed by atoms with Crippen LogP contribution in [0.25, 0.3) is 11.3 Å². The van der Waals surface area contributed by atoms with Crippen molar-refractivity contribution in [2.75, 3.05) is 7.11 Å². The molecular formula is C12H11NOS. The molecule has 0 radical (unpaired) electrons. The minimum atomic E-state index is 0.826. The highest BCUT2D eigenvalue weighted by molar-refractivity contribution is 7.71. The van der Waals surface area contributed by atoms with Gasteiger partial charge in [-0.05, 0) is 24.3 Å². The standard InChI is InChI=1S/C12H11NOS/c1-14-10-4-2-3-9(7-10)12-8-11(15)5-6-13-12/h2-8H,1H3,(H,13,15). The van der Waals surface area contributed by atoms with E-state index in [2.05, 4.69) is 4.98 Å². The van der Waals surface area contributed by atoms with Crippen molar-refractivity contribution >= 4 is 12.2 Å². The molecule has 2 nitrogen and oxygen atoms in total. The summed E-state index contributed by atoms with van der Waals surface area (Å²) in [5.41, 5.74) is 2.07. The average molecular weight is 217 g/mol. The monoisotopic (exact) mass is 217 g/mol. The molecule has 0 atom stereocenters. The molecule has 2 rings (SSSR count). The van der Waals surface area contributed by atoms with Gasteiger partial charge in [0.25, 0.3) is 0 Å². The lowest BCUT2D eigenvalue weighted by atomic mass is 10.1. The molecule has 1 N–H and O–H groups in total. The summed E-state index contributed by atoms with van der Waals surface area (Å²) < 4.78 is 5.99. The maximum Gasteiger partial charge on any atom is 0.119 e. The topological polar surface area (TPSA) is 25.0 Å². The van der Waals surface area contributed by atoms with Gasteiger partial charge in [0, 0.05) is 22.0 Å². The molecule has 0 bridgehead atoms. The molecule has 0 spiro atoms. The van der Waals surface area contributed by atoms with E-state index in [1.54, 1.807) is 7.11 Å². The number of H-pyrrole nitrogens is 1. The molecule has 0 aliphatic carbocycles. The molecule has 2 aromatic rings. The number of hydrogen-bond acceptors (Lipinski definition) is 2. The molecule has 1 aromatic heterocycles. The Kier molecular flexibility index (Phi) is 2.83. The van der Waals surface area contributed by atoms with Gasteiger partial charge in [0.2, 0.25) is 0 Å². The molecule has 0 fully saturated rings. The van der Waals surface area contributed by atoms with Crippen LogP contribution < -0.4 is 4.74 Å². The van der Waals surface area contributed by atoms with Crippen molar-refractivity contribution in [3.63, 3.8) is 0 Å². The molecule has 3 heteroatoms. The number of aromatic amines is 1. The van der Waals surface area contributed by atoms with Crippen molar-refractivity contribution in [3.05, 3.63) is 47.1 Å². The first-order valence-corrected chi connectivity index (χ1v) is 5.03. The molecule has 1 heterocycles. The third kappa shape index (κ3) is 2.25. The van der Waals surface area contributed by atoms with Crippen LogP contribution in [0.4, 0.5) is 0 Å². The number of methoxy groups -OCH3 is 1. The van der Waals surface area contributed by atoms with Crippen molar-refractivity contribution in [1.82, 2.24) is 4.98 Å². The minimum absolute atomic E-state index is 0.826. The summed E-state index contributed by atoms with van der Waals surface area (Å²) in [7, 11) is 1.66. The molecule has 0 amide bonds. The Morgan fingerprint density at radius 2 is 2.07 bits per heavy atom. The second kappa shape index (κ2) is 4.28. The third-order valence-electron chi connectivity index (χ3n) is 2.15. The number of nitrogens with one attached hydrogen (secondary N) is 1. The first-order chi connectivity index (χ1) is 7.29. The summed E-state index contributed by atoms with van der Waals surface area (Å²) in [4.78, 5) is 3.15. The van der Waals surface area contributed by atoms with E-state index in [4.69, 9.17) is 17.0 Å². The van der Waals surface area contributed by atoms with Crippen LogP contribution in [-0.2, 0) is 0 Å². The van der Waals surface area contributed by atoms with E-state index in [0.717, 1.165) is 21.5 Å². The molecule has 15 heavy (non-hydrogen) atoms. The Labute approximate surface area is 93.5 Å². The Bertz CT molecular complexity index is 519. The zero-order chi connectivity index (χ0) is 10.7. The molecule has 76 valence electrons. The van der Waals surface area contributed by atoms with Crippen molar-refractivity contribution in [2.45, 2.75) is 0 Å². The Hall–Kier alpha value is -1.61. The highest BCUT2D eigenvalue weighted by Gasteiger charge is 1.98. The molecule has 0 saturated carbocycles. The number of aromatic nitrogens is 1. The first kappa shape index (κ1) is 9.93. The molecule has 0 saturated heterocycles. The zero-order valence-electron chi connectivity index (χ0n) is 8.36. The number of rotatable bonds is 2. The second-order valence-electron chi connectivity index (χ2n) is 3.17. The van der Waals surface area contributed by atoms with Crippen LogP contribution in [-0.4, -0.2) is 12.1 Å². The Morgan fingerprint density at radius 1 is 1.20 bits per heavy atom. The lowest BCUT2D eigenvalue weighted by Crippen LogP contribution is -1.85. The second-order valence-corrected chi connectivity index (χ2v) is 3.64. The van der Waals surface area contributed by atoms with E-state index in [9.17, 15) is 0 Å². The van der Waals surface area contributed by atoms with Gasteiger partial charge in [-0.2, -0.15) is 0 Å². The average Bonchev–Trinajstić information content (AvgIpc) is 2.29. The van der Waals surface area contributed by atoms with E-state index < -0.39 is 0 Å². The largest absolute Gasteiger partial charge is 0.497 e. The summed E-state index contributed by atoms with van der Waals surface area (Å²) in [5, 5.41) is 0. The van der Waals surface area contributed by atoms with Crippen LogP contribution in [0.2, 0.25) is 0 Å². The van der Waals surface area contributed by atoms with Gasteiger partial charge in [-0.3, -0.25) is 0 Å². The minimum Gasteiger partial charge on any atom is -0.497 e. The van der Waals surface area contributed by atoms with Gasteiger partial charge in [-0.1, -0.05) is 24.4 Å². The predicted molar refractivity (Wildman–Crippen MR) is 63.6 cm³/mol. The number of ether oxygens (including phenoxy) is 1. The molecule has 0 aliphatic rings. The van der Waals surface area contributed by atoms with Gasteiger partial charge in [-0.15, -0.1) is 0 Å². The predicted octanol–water partition coefficient (Wildman–Crippen LogP) is 3.42. The van der Waals surface area contributed by atoms with Gasteiger partial charge in [0.15, 0.2) is 0 Å². The highest BCUT2D eigenvalue weighted by atomic mass is 32.1. The summed E-state index contributed by atoms with van der Waals surface area (Å²) in [6, 6.07) is 11.7. The fourth-order valence-electron chi connectivity index (χ4n) is 1.40. The first-order valence-electron chi connectivity index (χ1n) is 4.63. The lowest BCUT2D eigenvalue weighted by molar-refractivity contribution is 0.415.